The summed E-state index contributed by atoms with van der Waals surface area (Å²) in [4.78, 5) is 18.0. The molecule has 0 atom stereocenters. The maximum Gasteiger partial charge on any atom is 0.389 e. The highest BCUT2D eigenvalue weighted by atomic mass is 19.4. The Labute approximate surface area is 140 Å². The van der Waals surface area contributed by atoms with Crippen molar-refractivity contribution in [2.75, 3.05) is 13.1 Å². The zero-order chi connectivity index (χ0) is 17.2. The quantitative estimate of drug-likeness (QED) is 0.817. The Morgan fingerprint density at radius 2 is 1.92 bits per heavy atom. The molecule has 1 aromatic rings. The number of nitrogens with zero attached hydrogens (tertiary/aromatic N) is 3. The third-order valence-corrected chi connectivity index (χ3v) is 5.26. The molecule has 134 valence electrons. The summed E-state index contributed by atoms with van der Waals surface area (Å²) in [6, 6.07) is 0. The number of piperidine rings is 1. The number of likely N-dealkylation sites (tertiary alicyclic amines) is 1. The molecule has 0 N–H and O–H groups in total. The summed E-state index contributed by atoms with van der Waals surface area (Å²) in [6.07, 6.45) is 3.55. The summed E-state index contributed by atoms with van der Waals surface area (Å²) < 4.78 is 38.9. The first-order valence-corrected chi connectivity index (χ1v) is 8.78. The molecule has 0 unspecified atom stereocenters. The van der Waals surface area contributed by atoms with Gasteiger partial charge in [0.1, 0.15) is 5.82 Å². The third-order valence-electron chi connectivity index (χ3n) is 5.26. The molecule has 7 heteroatoms. The molecule has 0 spiro atoms. The van der Waals surface area contributed by atoms with Crippen LogP contribution in [0.25, 0.3) is 0 Å². The molecule has 2 aliphatic rings. The lowest BCUT2D eigenvalue weighted by molar-refractivity contribution is -0.149. The number of rotatable bonds is 5. The molecule has 0 aromatic carbocycles. The summed E-state index contributed by atoms with van der Waals surface area (Å²) in [5.74, 6) is 1.74. The summed E-state index contributed by atoms with van der Waals surface area (Å²) in [6.45, 7) is 2.06. The van der Waals surface area contributed by atoms with Crippen LogP contribution in [0.3, 0.4) is 0 Å². The summed E-state index contributed by atoms with van der Waals surface area (Å²) in [5.41, 5.74) is 0. The van der Waals surface area contributed by atoms with Crippen LogP contribution in [-0.2, 0) is 11.3 Å². The Balaban J connectivity index is 1.50. The minimum atomic E-state index is -4.26. The monoisotopic (exact) mass is 343 g/mol. The van der Waals surface area contributed by atoms with Gasteiger partial charge in [0, 0.05) is 44.4 Å². The van der Waals surface area contributed by atoms with Gasteiger partial charge in [0.15, 0.2) is 0 Å². The fourth-order valence-electron chi connectivity index (χ4n) is 3.58. The van der Waals surface area contributed by atoms with Crippen molar-refractivity contribution in [3.8, 4) is 0 Å². The topological polar surface area (TPSA) is 38.1 Å². The van der Waals surface area contributed by atoms with Crippen molar-refractivity contribution < 1.29 is 18.0 Å². The van der Waals surface area contributed by atoms with Crippen molar-refractivity contribution in [2.24, 2.45) is 5.92 Å². The van der Waals surface area contributed by atoms with Crippen molar-refractivity contribution in [3.63, 3.8) is 0 Å². The lowest BCUT2D eigenvalue weighted by Gasteiger charge is -2.33. The normalized spacial score (nSPS) is 20.2. The van der Waals surface area contributed by atoms with Crippen molar-refractivity contribution in [3.05, 3.63) is 18.2 Å². The first-order valence-electron chi connectivity index (χ1n) is 8.78. The van der Waals surface area contributed by atoms with Gasteiger partial charge >= 0.3 is 6.18 Å². The largest absolute Gasteiger partial charge is 0.389 e. The van der Waals surface area contributed by atoms with E-state index in [4.69, 9.17) is 0 Å². The second kappa shape index (κ2) is 7.15. The van der Waals surface area contributed by atoms with Crippen LogP contribution in [-0.4, -0.2) is 39.6 Å². The summed E-state index contributed by atoms with van der Waals surface area (Å²) in [5, 5.41) is 0. The van der Waals surface area contributed by atoms with E-state index < -0.39 is 19.0 Å². The number of amides is 1. The average molecular weight is 343 g/mol. The van der Waals surface area contributed by atoms with E-state index in [9.17, 15) is 18.0 Å². The molecule has 1 aliphatic heterocycles. The molecule has 1 aliphatic carbocycles. The number of halogens is 3. The third kappa shape index (κ3) is 4.30. The van der Waals surface area contributed by atoms with Crippen molar-refractivity contribution in [1.82, 2.24) is 14.5 Å². The number of hydrogen-bond donors (Lipinski definition) is 0. The van der Waals surface area contributed by atoms with Crippen molar-refractivity contribution in [1.29, 1.82) is 0 Å². The molecular formula is C17H24F3N3O. The average Bonchev–Trinajstić information content (AvgIpc) is 2.96. The van der Waals surface area contributed by atoms with E-state index in [1.165, 1.54) is 19.3 Å². The Morgan fingerprint density at radius 1 is 1.21 bits per heavy atom. The minimum absolute atomic E-state index is 0.298. The molecule has 1 saturated heterocycles. The minimum Gasteiger partial charge on any atom is -0.343 e. The van der Waals surface area contributed by atoms with Gasteiger partial charge in [-0.1, -0.05) is 6.42 Å². The Bertz CT molecular complexity index is 558. The van der Waals surface area contributed by atoms with E-state index in [-0.39, 0.29) is 5.91 Å². The van der Waals surface area contributed by atoms with E-state index in [0.29, 0.717) is 19.0 Å². The molecule has 1 amide bonds. The highest BCUT2D eigenvalue weighted by Gasteiger charge is 2.31. The predicted molar refractivity (Wildman–Crippen MR) is 83.4 cm³/mol. The van der Waals surface area contributed by atoms with Crippen LogP contribution < -0.4 is 0 Å². The lowest BCUT2D eigenvalue weighted by Crippen LogP contribution is -2.38. The molecule has 2 fully saturated rings. The van der Waals surface area contributed by atoms with Crippen LogP contribution in [0.4, 0.5) is 13.2 Å². The van der Waals surface area contributed by atoms with Gasteiger partial charge in [0.05, 0.1) is 6.42 Å². The maximum absolute atomic E-state index is 12.2. The van der Waals surface area contributed by atoms with Crippen LogP contribution in [0, 0.1) is 5.92 Å². The van der Waals surface area contributed by atoms with Crippen LogP contribution >= 0.6 is 0 Å². The molecule has 3 rings (SSSR count). The van der Waals surface area contributed by atoms with E-state index in [1.807, 2.05) is 12.4 Å². The first-order chi connectivity index (χ1) is 11.4. The van der Waals surface area contributed by atoms with Crippen LogP contribution in [0.1, 0.15) is 56.7 Å². The molecule has 1 saturated carbocycles. The molecular weight excluding hydrogens is 319 g/mol. The molecule has 0 bridgehead atoms. The number of carbonyl (C=O) groups is 1. The van der Waals surface area contributed by atoms with E-state index in [1.54, 1.807) is 4.90 Å². The molecule has 24 heavy (non-hydrogen) atoms. The molecule has 2 heterocycles. The van der Waals surface area contributed by atoms with E-state index in [0.717, 1.165) is 31.1 Å². The maximum atomic E-state index is 12.2. The van der Waals surface area contributed by atoms with Gasteiger partial charge in [-0.15, -0.1) is 0 Å². The van der Waals surface area contributed by atoms with Gasteiger partial charge in [0.2, 0.25) is 5.91 Å². The van der Waals surface area contributed by atoms with Gasteiger partial charge in [-0.2, -0.15) is 13.2 Å². The number of hydrogen-bond acceptors (Lipinski definition) is 2. The first kappa shape index (κ1) is 17.3. The molecule has 4 nitrogen and oxygen atoms in total. The van der Waals surface area contributed by atoms with Crippen LogP contribution in [0.2, 0.25) is 0 Å². The fraction of sp³-hybridized carbons (Fsp3) is 0.765. The van der Waals surface area contributed by atoms with Crippen LogP contribution in [0.5, 0.6) is 0 Å². The van der Waals surface area contributed by atoms with E-state index in [2.05, 4.69) is 9.55 Å². The molecule has 0 radical (unpaired) electrons. The Morgan fingerprint density at radius 3 is 2.50 bits per heavy atom. The van der Waals surface area contributed by atoms with Gasteiger partial charge in [-0.3, -0.25) is 4.79 Å². The lowest BCUT2D eigenvalue weighted by atomic mass is 9.85. The smallest absolute Gasteiger partial charge is 0.343 e. The zero-order valence-corrected chi connectivity index (χ0v) is 13.8. The van der Waals surface area contributed by atoms with Gasteiger partial charge in [-0.25, -0.2) is 4.98 Å². The number of imidazole rings is 1. The zero-order valence-electron chi connectivity index (χ0n) is 13.8. The van der Waals surface area contributed by atoms with Crippen molar-refractivity contribution >= 4 is 5.91 Å². The second-order valence-electron chi connectivity index (χ2n) is 7.00. The highest BCUT2D eigenvalue weighted by molar-refractivity contribution is 5.76. The molecule has 1 aromatic heterocycles. The summed E-state index contributed by atoms with van der Waals surface area (Å²) in [7, 11) is 0. The Hall–Kier alpha value is -1.53. The van der Waals surface area contributed by atoms with Gasteiger partial charge in [-0.05, 0) is 31.6 Å². The van der Waals surface area contributed by atoms with Crippen LogP contribution in [0.15, 0.2) is 12.4 Å². The van der Waals surface area contributed by atoms with E-state index >= 15 is 0 Å². The highest BCUT2D eigenvalue weighted by Crippen LogP contribution is 2.32. The SMILES string of the molecule is O=C(CCC(F)(F)F)N1CCC(c2nccn2CC2CCC2)CC1. The summed E-state index contributed by atoms with van der Waals surface area (Å²) >= 11 is 0. The van der Waals surface area contributed by atoms with Gasteiger partial charge in [0.25, 0.3) is 0 Å². The standard InChI is InChI=1S/C17H24F3N3O/c18-17(19,20)7-4-15(24)22-9-5-14(6-10-22)16-21-8-11-23(16)12-13-2-1-3-13/h8,11,13-14H,1-7,9-10,12H2. The van der Waals surface area contributed by atoms with Crippen molar-refractivity contribution in [2.45, 2.75) is 63.6 Å². The van der Waals surface area contributed by atoms with Gasteiger partial charge < -0.3 is 9.47 Å². The number of alkyl halides is 3. The predicted octanol–water partition coefficient (Wildman–Crippen LogP) is 3.73. The number of aromatic nitrogens is 2. The fourth-order valence-corrected chi connectivity index (χ4v) is 3.58. The Kier molecular flexibility index (Phi) is 5.15. The second-order valence-corrected chi connectivity index (χ2v) is 7.00. The number of carbonyl (C=O) groups excluding carboxylic acids is 1.